The van der Waals surface area contributed by atoms with Crippen molar-refractivity contribution < 1.29 is 14.3 Å². The summed E-state index contributed by atoms with van der Waals surface area (Å²) in [4.78, 5) is 28.1. The van der Waals surface area contributed by atoms with E-state index in [1.54, 1.807) is 4.90 Å². The molecule has 1 aromatic rings. The number of hydrogen-bond acceptors (Lipinski definition) is 4. The third-order valence-corrected chi connectivity index (χ3v) is 3.61. The third-order valence-electron chi connectivity index (χ3n) is 3.61. The minimum absolute atomic E-state index is 0.0103. The van der Waals surface area contributed by atoms with E-state index >= 15 is 0 Å². The predicted molar refractivity (Wildman–Crippen MR) is 92.4 cm³/mol. The summed E-state index contributed by atoms with van der Waals surface area (Å²) in [6, 6.07) is 9.10. The normalized spacial score (nSPS) is 12.3. The first-order chi connectivity index (χ1) is 10.9. The predicted octanol–water partition coefficient (Wildman–Crippen LogP) is 2.70. The van der Waals surface area contributed by atoms with E-state index in [1.165, 1.54) is 0 Å². The van der Waals surface area contributed by atoms with E-state index < -0.39 is 0 Å². The molecule has 0 radical (unpaired) electrons. The highest BCUT2D eigenvalue weighted by atomic mass is 16.5. The summed E-state index contributed by atoms with van der Waals surface area (Å²) in [5.41, 5.74) is 0.807. The Morgan fingerprint density at radius 2 is 1.74 bits per heavy atom. The van der Waals surface area contributed by atoms with E-state index in [0.717, 1.165) is 12.1 Å². The summed E-state index contributed by atoms with van der Waals surface area (Å²) in [7, 11) is 3.68. The van der Waals surface area contributed by atoms with Gasteiger partial charge in [-0.1, -0.05) is 31.5 Å². The summed E-state index contributed by atoms with van der Waals surface area (Å²) < 4.78 is 5.26. The van der Waals surface area contributed by atoms with Gasteiger partial charge in [0.05, 0.1) is 0 Å². The van der Waals surface area contributed by atoms with Crippen molar-refractivity contribution in [3.8, 4) is 0 Å². The van der Waals surface area contributed by atoms with Gasteiger partial charge in [-0.05, 0) is 46.5 Å². The number of carbonyl (C=O) groups excluding carboxylic acids is 2. The van der Waals surface area contributed by atoms with Crippen LogP contribution >= 0.6 is 0 Å². The highest BCUT2D eigenvalue weighted by Crippen LogP contribution is 2.17. The van der Waals surface area contributed by atoms with Crippen molar-refractivity contribution in [2.24, 2.45) is 0 Å². The van der Waals surface area contributed by atoms with Gasteiger partial charge in [0.2, 0.25) is 0 Å². The summed E-state index contributed by atoms with van der Waals surface area (Å²) in [5.74, 6) is -0.560. The van der Waals surface area contributed by atoms with E-state index in [2.05, 4.69) is 0 Å². The molecule has 5 nitrogen and oxygen atoms in total. The Labute approximate surface area is 139 Å². The zero-order chi connectivity index (χ0) is 17.4. The number of likely N-dealkylation sites (N-methyl/N-ethyl adjacent to an activating group) is 1. The lowest BCUT2D eigenvalue weighted by atomic mass is 10.1. The molecular weight excluding hydrogens is 292 g/mol. The number of carbonyl (C=O) groups is 2. The van der Waals surface area contributed by atoms with Gasteiger partial charge in [0.1, 0.15) is 6.04 Å². The minimum atomic E-state index is -0.345. The first kappa shape index (κ1) is 19.2. The number of nitrogens with zero attached hydrogens (tertiary/aromatic N) is 2. The number of hydrogen-bond donors (Lipinski definition) is 0. The fourth-order valence-electron chi connectivity index (χ4n) is 2.48. The summed E-state index contributed by atoms with van der Waals surface area (Å²) in [5, 5.41) is 0. The molecule has 1 atom stereocenters. The molecule has 1 aromatic carbocycles. The highest BCUT2D eigenvalue weighted by Gasteiger charge is 2.24. The molecular formula is C18H28N2O3. The van der Waals surface area contributed by atoms with Crippen LogP contribution < -0.4 is 4.90 Å². The van der Waals surface area contributed by atoms with Crippen LogP contribution in [0.3, 0.4) is 0 Å². The van der Waals surface area contributed by atoms with Crippen molar-refractivity contribution in [2.75, 3.05) is 25.6 Å². The van der Waals surface area contributed by atoms with E-state index in [4.69, 9.17) is 4.74 Å². The molecule has 0 saturated heterocycles. The van der Waals surface area contributed by atoms with Crippen LogP contribution in [-0.2, 0) is 14.3 Å². The SMILES string of the molecule is CCCC(C(=O)OCC(=O)N(c1ccccc1)C(C)C)N(C)C. The number of rotatable bonds is 8. The second-order valence-corrected chi connectivity index (χ2v) is 6.07. The smallest absolute Gasteiger partial charge is 0.323 e. The quantitative estimate of drug-likeness (QED) is 0.691. The second-order valence-electron chi connectivity index (χ2n) is 6.07. The Hall–Kier alpha value is -1.88. The van der Waals surface area contributed by atoms with Crippen molar-refractivity contribution in [3.63, 3.8) is 0 Å². The van der Waals surface area contributed by atoms with Gasteiger partial charge in [-0.25, -0.2) is 0 Å². The fourth-order valence-corrected chi connectivity index (χ4v) is 2.48. The number of amides is 1. The lowest BCUT2D eigenvalue weighted by molar-refractivity contribution is -0.152. The largest absolute Gasteiger partial charge is 0.454 e. The standard InChI is InChI=1S/C18H28N2O3/c1-6-10-16(19(4)5)18(22)23-13-17(21)20(14(2)3)15-11-8-7-9-12-15/h7-9,11-12,14,16H,6,10,13H2,1-5H3. The topological polar surface area (TPSA) is 49.9 Å². The maximum atomic E-state index is 12.5. The lowest BCUT2D eigenvalue weighted by Crippen LogP contribution is -2.42. The first-order valence-electron chi connectivity index (χ1n) is 8.08. The average Bonchev–Trinajstić information content (AvgIpc) is 2.50. The molecule has 0 aliphatic heterocycles. The minimum Gasteiger partial charge on any atom is -0.454 e. The second kappa shape index (κ2) is 9.30. The highest BCUT2D eigenvalue weighted by molar-refractivity contribution is 5.95. The van der Waals surface area contributed by atoms with Gasteiger partial charge in [-0.2, -0.15) is 0 Å². The van der Waals surface area contributed by atoms with E-state index in [-0.39, 0.29) is 30.6 Å². The molecule has 0 heterocycles. The lowest BCUT2D eigenvalue weighted by Gasteiger charge is -2.27. The Morgan fingerprint density at radius 3 is 2.22 bits per heavy atom. The van der Waals surface area contributed by atoms with Crippen LogP contribution in [0.4, 0.5) is 5.69 Å². The maximum Gasteiger partial charge on any atom is 0.323 e. The fraction of sp³-hybridized carbons (Fsp3) is 0.556. The molecule has 0 aliphatic carbocycles. The number of benzene rings is 1. The number of esters is 1. The Morgan fingerprint density at radius 1 is 1.13 bits per heavy atom. The van der Waals surface area contributed by atoms with Crippen molar-refractivity contribution in [1.29, 1.82) is 0 Å². The van der Waals surface area contributed by atoms with Crippen LogP contribution in [0.5, 0.6) is 0 Å². The van der Waals surface area contributed by atoms with Crippen molar-refractivity contribution in [2.45, 2.75) is 45.7 Å². The Kier molecular flexibility index (Phi) is 7.75. The third kappa shape index (κ3) is 5.67. The van der Waals surface area contributed by atoms with Crippen LogP contribution in [0.25, 0.3) is 0 Å². The zero-order valence-electron chi connectivity index (χ0n) is 14.8. The van der Waals surface area contributed by atoms with Gasteiger partial charge < -0.3 is 9.64 Å². The van der Waals surface area contributed by atoms with Gasteiger partial charge >= 0.3 is 5.97 Å². The molecule has 0 fully saturated rings. The van der Waals surface area contributed by atoms with Gasteiger partial charge in [0, 0.05) is 11.7 Å². The van der Waals surface area contributed by atoms with Crippen molar-refractivity contribution in [3.05, 3.63) is 30.3 Å². The molecule has 0 spiro atoms. The van der Waals surface area contributed by atoms with Crippen LogP contribution in [-0.4, -0.2) is 49.6 Å². The summed E-state index contributed by atoms with van der Waals surface area (Å²) in [6.07, 6.45) is 1.60. The Balaban J connectivity index is 2.71. The van der Waals surface area contributed by atoms with Gasteiger partial charge in [-0.15, -0.1) is 0 Å². The molecule has 1 amide bonds. The number of anilines is 1. The van der Waals surface area contributed by atoms with Crippen LogP contribution in [0.2, 0.25) is 0 Å². The first-order valence-corrected chi connectivity index (χ1v) is 8.08. The maximum absolute atomic E-state index is 12.5. The van der Waals surface area contributed by atoms with Crippen molar-refractivity contribution in [1.82, 2.24) is 4.90 Å². The molecule has 0 bridgehead atoms. The number of para-hydroxylation sites is 1. The monoisotopic (exact) mass is 320 g/mol. The van der Waals surface area contributed by atoms with Crippen LogP contribution in [0.1, 0.15) is 33.6 Å². The molecule has 5 heteroatoms. The molecule has 1 rings (SSSR count). The molecule has 0 saturated carbocycles. The summed E-state index contributed by atoms with van der Waals surface area (Å²) in [6.45, 7) is 5.66. The van der Waals surface area contributed by atoms with E-state index in [1.807, 2.05) is 70.1 Å². The van der Waals surface area contributed by atoms with E-state index in [0.29, 0.717) is 6.42 Å². The van der Waals surface area contributed by atoms with Crippen LogP contribution in [0, 0.1) is 0 Å². The molecule has 128 valence electrons. The molecule has 0 aliphatic rings. The number of ether oxygens (including phenoxy) is 1. The van der Waals surface area contributed by atoms with Crippen LogP contribution in [0.15, 0.2) is 30.3 Å². The van der Waals surface area contributed by atoms with Gasteiger partial charge in [0.25, 0.3) is 5.91 Å². The molecule has 1 unspecified atom stereocenters. The molecule has 0 aromatic heterocycles. The van der Waals surface area contributed by atoms with Gasteiger partial charge in [-0.3, -0.25) is 14.5 Å². The van der Waals surface area contributed by atoms with E-state index in [9.17, 15) is 9.59 Å². The van der Waals surface area contributed by atoms with Crippen molar-refractivity contribution >= 4 is 17.6 Å². The Bertz CT molecular complexity index is 500. The van der Waals surface area contributed by atoms with Gasteiger partial charge in [0.15, 0.2) is 6.61 Å². The zero-order valence-corrected chi connectivity index (χ0v) is 14.8. The molecule has 0 N–H and O–H groups in total. The summed E-state index contributed by atoms with van der Waals surface area (Å²) >= 11 is 0. The average molecular weight is 320 g/mol. The molecule has 23 heavy (non-hydrogen) atoms.